The summed E-state index contributed by atoms with van der Waals surface area (Å²) in [5.41, 5.74) is 7.36. The van der Waals surface area contributed by atoms with Gasteiger partial charge in [-0.05, 0) is 94.8 Å². The summed E-state index contributed by atoms with van der Waals surface area (Å²) in [5.74, 6) is -0.225. The largest absolute Gasteiger partial charge is 0.317 e. The topological polar surface area (TPSA) is 46.4 Å². The van der Waals surface area contributed by atoms with Crippen molar-refractivity contribution in [2.45, 2.75) is 13.8 Å². The number of halogens is 2. The first-order chi connectivity index (χ1) is 12.5. The highest BCUT2D eigenvalue weighted by molar-refractivity contribution is 14.1. The Kier molecular flexibility index (Phi) is 5.93. The zero-order valence-electron chi connectivity index (χ0n) is 14.3. The number of hydrogen-bond acceptors (Lipinski definition) is 2. The standard InChI is InChI=1S/C20H17BrIN3O/c1-13-11-16(14(2)25(13)19-6-4-3-5-18(19)21)12-23-24-20(26)15-7-9-17(22)10-8-15/h3-12H,1-2H3,(H,24,26)/b23-12-. The van der Waals surface area contributed by atoms with Crippen LogP contribution in [0.1, 0.15) is 27.3 Å². The van der Waals surface area contributed by atoms with Gasteiger partial charge >= 0.3 is 0 Å². The summed E-state index contributed by atoms with van der Waals surface area (Å²) in [6.45, 7) is 4.09. The Morgan fingerprint density at radius 3 is 2.54 bits per heavy atom. The molecular formula is C20H17BrIN3O. The first-order valence-electron chi connectivity index (χ1n) is 8.00. The molecule has 0 bridgehead atoms. The fourth-order valence-corrected chi connectivity index (χ4v) is 3.57. The van der Waals surface area contributed by atoms with E-state index in [0.29, 0.717) is 5.56 Å². The summed E-state index contributed by atoms with van der Waals surface area (Å²) >= 11 is 5.81. The third-order valence-corrected chi connectivity index (χ3v) is 5.43. The van der Waals surface area contributed by atoms with Crippen LogP contribution in [0.3, 0.4) is 0 Å². The third-order valence-electron chi connectivity index (χ3n) is 4.04. The first kappa shape index (κ1) is 18.8. The Balaban J connectivity index is 1.80. The van der Waals surface area contributed by atoms with Crippen molar-refractivity contribution in [1.29, 1.82) is 0 Å². The van der Waals surface area contributed by atoms with E-state index >= 15 is 0 Å². The highest BCUT2D eigenvalue weighted by Gasteiger charge is 2.11. The maximum atomic E-state index is 12.1. The van der Waals surface area contributed by atoms with E-state index in [0.717, 1.165) is 30.7 Å². The monoisotopic (exact) mass is 521 g/mol. The second kappa shape index (κ2) is 8.18. The number of aromatic nitrogens is 1. The molecule has 1 aromatic heterocycles. The van der Waals surface area contributed by atoms with Crippen LogP contribution in [-0.4, -0.2) is 16.7 Å². The van der Waals surface area contributed by atoms with Crippen LogP contribution in [0.4, 0.5) is 0 Å². The van der Waals surface area contributed by atoms with Gasteiger partial charge in [0.15, 0.2) is 0 Å². The molecule has 1 N–H and O–H groups in total. The van der Waals surface area contributed by atoms with Crippen molar-refractivity contribution in [2.24, 2.45) is 5.10 Å². The SMILES string of the molecule is Cc1cc(/C=N\NC(=O)c2ccc(I)cc2)c(C)n1-c1ccccc1Br. The number of hydrogen-bond donors (Lipinski definition) is 1. The van der Waals surface area contributed by atoms with Gasteiger partial charge in [-0.2, -0.15) is 5.10 Å². The molecule has 0 saturated carbocycles. The highest BCUT2D eigenvalue weighted by Crippen LogP contribution is 2.26. The number of para-hydroxylation sites is 1. The number of benzene rings is 2. The van der Waals surface area contributed by atoms with Gasteiger partial charge in [-0.25, -0.2) is 5.43 Å². The molecule has 0 saturated heterocycles. The van der Waals surface area contributed by atoms with Crippen molar-refractivity contribution < 1.29 is 4.79 Å². The third kappa shape index (κ3) is 4.07. The zero-order valence-corrected chi connectivity index (χ0v) is 18.1. The molecule has 0 fully saturated rings. The molecule has 2 aromatic carbocycles. The van der Waals surface area contributed by atoms with Crippen LogP contribution in [0.2, 0.25) is 0 Å². The summed E-state index contributed by atoms with van der Waals surface area (Å²) < 4.78 is 4.27. The molecule has 0 radical (unpaired) electrons. The molecule has 0 aliphatic carbocycles. The number of aryl methyl sites for hydroxylation is 1. The maximum absolute atomic E-state index is 12.1. The van der Waals surface area contributed by atoms with E-state index in [2.05, 4.69) is 65.7 Å². The van der Waals surface area contributed by atoms with Crippen LogP contribution in [0.15, 0.2) is 64.2 Å². The van der Waals surface area contributed by atoms with Gasteiger partial charge in [-0.3, -0.25) is 4.79 Å². The van der Waals surface area contributed by atoms with Crippen molar-refractivity contribution in [2.75, 3.05) is 0 Å². The van der Waals surface area contributed by atoms with E-state index in [4.69, 9.17) is 0 Å². The van der Waals surface area contributed by atoms with Crippen LogP contribution in [0.5, 0.6) is 0 Å². The van der Waals surface area contributed by atoms with E-state index in [1.165, 1.54) is 0 Å². The molecule has 6 heteroatoms. The van der Waals surface area contributed by atoms with E-state index in [9.17, 15) is 4.79 Å². The van der Waals surface area contributed by atoms with Crippen LogP contribution in [-0.2, 0) is 0 Å². The Labute approximate surface area is 174 Å². The van der Waals surface area contributed by atoms with Crippen molar-refractivity contribution in [3.05, 3.63) is 85.2 Å². The lowest BCUT2D eigenvalue weighted by Gasteiger charge is -2.11. The molecule has 4 nitrogen and oxygen atoms in total. The molecule has 3 rings (SSSR count). The second-order valence-corrected chi connectivity index (χ2v) is 7.92. The summed E-state index contributed by atoms with van der Waals surface area (Å²) in [6.07, 6.45) is 1.68. The Hall–Kier alpha value is -1.93. The summed E-state index contributed by atoms with van der Waals surface area (Å²) in [5, 5.41) is 4.12. The number of hydrazone groups is 1. The van der Waals surface area contributed by atoms with Gasteiger partial charge in [0, 0.05) is 30.6 Å². The lowest BCUT2D eigenvalue weighted by Crippen LogP contribution is -2.17. The number of nitrogens with zero attached hydrogens (tertiary/aromatic N) is 2. The fraction of sp³-hybridized carbons (Fsp3) is 0.100. The van der Waals surface area contributed by atoms with Crippen LogP contribution < -0.4 is 5.43 Å². The van der Waals surface area contributed by atoms with E-state index in [1.807, 2.05) is 44.2 Å². The molecule has 0 aliphatic rings. The average molecular weight is 522 g/mol. The average Bonchev–Trinajstić information content (AvgIpc) is 2.90. The number of carbonyl (C=O) groups is 1. The minimum atomic E-state index is -0.225. The lowest BCUT2D eigenvalue weighted by atomic mass is 10.2. The molecule has 0 aliphatic heterocycles. The molecule has 0 atom stereocenters. The zero-order chi connectivity index (χ0) is 18.7. The van der Waals surface area contributed by atoms with Crippen molar-refractivity contribution >= 4 is 50.6 Å². The highest BCUT2D eigenvalue weighted by atomic mass is 127. The molecule has 1 heterocycles. The predicted molar refractivity (Wildman–Crippen MR) is 117 cm³/mol. The first-order valence-corrected chi connectivity index (χ1v) is 9.87. The fourth-order valence-electron chi connectivity index (χ4n) is 2.75. The van der Waals surface area contributed by atoms with Gasteiger partial charge in [-0.15, -0.1) is 0 Å². The number of rotatable bonds is 4. The molecule has 26 heavy (non-hydrogen) atoms. The van der Waals surface area contributed by atoms with Gasteiger partial charge in [0.2, 0.25) is 0 Å². The minimum absolute atomic E-state index is 0.225. The molecule has 3 aromatic rings. The molecule has 132 valence electrons. The number of carbonyl (C=O) groups excluding carboxylic acids is 1. The van der Waals surface area contributed by atoms with E-state index < -0.39 is 0 Å². The van der Waals surface area contributed by atoms with Crippen LogP contribution in [0.25, 0.3) is 5.69 Å². The summed E-state index contributed by atoms with van der Waals surface area (Å²) in [6, 6.07) is 17.5. The minimum Gasteiger partial charge on any atom is -0.317 e. The van der Waals surface area contributed by atoms with Gasteiger partial charge in [0.1, 0.15) is 0 Å². The quantitative estimate of drug-likeness (QED) is 0.285. The molecule has 1 amide bonds. The van der Waals surface area contributed by atoms with E-state index in [1.54, 1.807) is 18.3 Å². The van der Waals surface area contributed by atoms with Crippen LogP contribution in [0, 0.1) is 17.4 Å². The van der Waals surface area contributed by atoms with Gasteiger partial charge in [0.05, 0.1) is 11.9 Å². The lowest BCUT2D eigenvalue weighted by molar-refractivity contribution is 0.0955. The molecule has 0 unspecified atom stereocenters. The van der Waals surface area contributed by atoms with Crippen molar-refractivity contribution in [1.82, 2.24) is 9.99 Å². The number of nitrogens with one attached hydrogen (secondary N) is 1. The van der Waals surface area contributed by atoms with Gasteiger partial charge < -0.3 is 4.57 Å². The molecular weight excluding hydrogens is 505 g/mol. The predicted octanol–water partition coefficient (Wildman–Crippen LogP) is 5.23. The maximum Gasteiger partial charge on any atom is 0.271 e. The molecule has 0 spiro atoms. The Bertz CT molecular complexity index is 977. The second-order valence-electron chi connectivity index (χ2n) is 5.82. The number of amides is 1. The normalized spacial score (nSPS) is 11.1. The van der Waals surface area contributed by atoms with Crippen LogP contribution >= 0.6 is 38.5 Å². The Morgan fingerprint density at radius 2 is 1.85 bits per heavy atom. The van der Waals surface area contributed by atoms with Crippen molar-refractivity contribution in [3.63, 3.8) is 0 Å². The summed E-state index contributed by atoms with van der Waals surface area (Å²) in [7, 11) is 0. The van der Waals surface area contributed by atoms with Gasteiger partial charge in [-0.1, -0.05) is 12.1 Å². The smallest absolute Gasteiger partial charge is 0.271 e. The summed E-state index contributed by atoms with van der Waals surface area (Å²) in [4.78, 5) is 12.1. The Morgan fingerprint density at radius 1 is 1.15 bits per heavy atom. The van der Waals surface area contributed by atoms with Gasteiger partial charge in [0.25, 0.3) is 5.91 Å². The van der Waals surface area contributed by atoms with Crippen molar-refractivity contribution in [3.8, 4) is 5.69 Å². The van der Waals surface area contributed by atoms with E-state index in [-0.39, 0.29) is 5.91 Å².